The zero-order valence-corrected chi connectivity index (χ0v) is 14.8. The number of methoxy groups -OCH3 is 3. The number of rotatable bonds is 6. The van der Waals surface area contributed by atoms with Gasteiger partial charge in [-0.25, -0.2) is 0 Å². The Bertz CT molecular complexity index is 559. The summed E-state index contributed by atoms with van der Waals surface area (Å²) in [4.78, 5) is 14.7. The molecule has 0 atom stereocenters. The van der Waals surface area contributed by atoms with Crippen LogP contribution in [0.1, 0.15) is 12.8 Å². The van der Waals surface area contributed by atoms with Gasteiger partial charge in [0.25, 0.3) is 0 Å². The van der Waals surface area contributed by atoms with Crippen molar-refractivity contribution in [2.75, 3.05) is 53.0 Å². The fraction of sp³-hybridized carbons (Fsp3) is 0.588. The number of hydrogen-bond acceptors (Lipinski definition) is 6. The lowest BCUT2D eigenvalue weighted by molar-refractivity contribution is -0.132. The highest BCUT2D eigenvalue weighted by atomic mass is 16.5. The van der Waals surface area contributed by atoms with Crippen LogP contribution in [-0.4, -0.2) is 54.0 Å². The third-order valence-corrected chi connectivity index (χ3v) is 4.64. The van der Waals surface area contributed by atoms with E-state index in [1.165, 1.54) is 0 Å². The van der Waals surface area contributed by atoms with Crippen molar-refractivity contribution in [3.05, 3.63) is 12.1 Å². The highest BCUT2D eigenvalue weighted by Gasteiger charge is 2.41. The molecule has 1 aromatic rings. The smallest absolute Gasteiger partial charge is 0.234 e. The van der Waals surface area contributed by atoms with Crippen molar-refractivity contribution in [1.29, 1.82) is 0 Å². The van der Waals surface area contributed by atoms with E-state index < -0.39 is 5.41 Å². The van der Waals surface area contributed by atoms with Crippen molar-refractivity contribution >= 4 is 11.6 Å². The number of ether oxygens (including phenoxy) is 4. The molecule has 2 rings (SSSR count). The number of amides is 1. The van der Waals surface area contributed by atoms with Crippen LogP contribution in [0.25, 0.3) is 0 Å². The number of anilines is 1. The molecule has 0 unspecified atom stereocenters. The Morgan fingerprint density at radius 2 is 1.71 bits per heavy atom. The fourth-order valence-electron chi connectivity index (χ4n) is 3.00. The number of nitrogens with two attached hydrogens (primary N) is 1. The lowest BCUT2D eigenvalue weighted by atomic mass is 9.79. The Hall–Kier alpha value is -1.99. The highest BCUT2D eigenvalue weighted by Crippen LogP contribution is 2.42. The first kappa shape index (κ1) is 18.4. The Kier molecular flexibility index (Phi) is 5.90. The summed E-state index contributed by atoms with van der Waals surface area (Å²) in [6, 6.07) is 3.51. The van der Waals surface area contributed by atoms with E-state index in [2.05, 4.69) is 0 Å². The molecule has 1 aromatic carbocycles. The minimum atomic E-state index is -0.590. The van der Waals surface area contributed by atoms with Gasteiger partial charge in [-0.05, 0) is 12.8 Å². The minimum absolute atomic E-state index is 0.0254. The number of carbonyl (C=O) groups is 1. The molecule has 7 nitrogen and oxygen atoms in total. The monoisotopic (exact) mass is 338 g/mol. The van der Waals surface area contributed by atoms with E-state index in [4.69, 9.17) is 24.7 Å². The molecule has 1 saturated heterocycles. The standard InChI is InChI=1S/C17H26N2O5/c1-19(16(20)17(11-18)5-7-24-8-6-17)12-9-13(21-2)15(23-4)14(10-12)22-3/h9-10H,5-8,11,18H2,1-4H3. The molecule has 7 heteroatoms. The molecule has 0 radical (unpaired) electrons. The van der Waals surface area contributed by atoms with Crippen LogP contribution in [-0.2, 0) is 9.53 Å². The zero-order valence-electron chi connectivity index (χ0n) is 14.8. The normalized spacial score (nSPS) is 16.4. The van der Waals surface area contributed by atoms with Crippen LogP contribution < -0.4 is 24.8 Å². The average molecular weight is 338 g/mol. The van der Waals surface area contributed by atoms with Gasteiger partial charge in [-0.3, -0.25) is 4.79 Å². The SMILES string of the molecule is COc1cc(N(C)C(=O)C2(CN)CCOCC2)cc(OC)c1OC. The molecule has 0 saturated carbocycles. The average Bonchev–Trinajstić information content (AvgIpc) is 2.65. The van der Waals surface area contributed by atoms with E-state index in [1.807, 2.05) is 0 Å². The number of nitrogens with zero attached hydrogens (tertiary/aromatic N) is 1. The van der Waals surface area contributed by atoms with Gasteiger partial charge in [0.2, 0.25) is 11.7 Å². The summed E-state index contributed by atoms with van der Waals surface area (Å²) in [6.45, 7) is 1.39. The third-order valence-electron chi connectivity index (χ3n) is 4.64. The van der Waals surface area contributed by atoms with Gasteiger partial charge in [-0.2, -0.15) is 0 Å². The van der Waals surface area contributed by atoms with Gasteiger partial charge in [0.1, 0.15) is 0 Å². The predicted molar refractivity (Wildman–Crippen MR) is 91.0 cm³/mol. The maximum absolute atomic E-state index is 13.1. The van der Waals surface area contributed by atoms with Crippen molar-refractivity contribution in [1.82, 2.24) is 0 Å². The van der Waals surface area contributed by atoms with Crippen LogP contribution in [0.2, 0.25) is 0 Å². The first-order chi connectivity index (χ1) is 11.5. The molecule has 0 bridgehead atoms. The maximum Gasteiger partial charge on any atom is 0.234 e. The van der Waals surface area contributed by atoms with Gasteiger partial charge in [0.15, 0.2) is 11.5 Å². The molecule has 1 amide bonds. The molecule has 0 aliphatic carbocycles. The molecular formula is C17H26N2O5. The first-order valence-electron chi connectivity index (χ1n) is 7.89. The number of carbonyl (C=O) groups excluding carboxylic acids is 1. The lowest BCUT2D eigenvalue weighted by Crippen LogP contribution is -2.49. The molecule has 1 aliphatic heterocycles. The summed E-state index contributed by atoms with van der Waals surface area (Å²) < 4.78 is 21.4. The van der Waals surface area contributed by atoms with Gasteiger partial charge in [0, 0.05) is 38.9 Å². The summed E-state index contributed by atoms with van der Waals surface area (Å²) in [7, 11) is 6.36. The summed E-state index contributed by atoms with van der Waals surface area (Å²) in [5.74, 6) is 1.47. The minimum Gasteiger partial charge on any atom is -0.493 e. The van der Waals surface area contributed by atoms with Crippen LogP contribution in [0.4, 0.5) is 5.69 Å². The van der Waals surface area contributed by atoms with Crippen LogP contribution in [0.15, 0.2) is 12.1 Å². The topological polar surface area (TPSA) is 83.3 Å². The van der Waals surface area contributed by atoms with E-state index in [9.17, 15) is 4.79 Å². The second-order valence-corrected chi connectivity index (χ2v) is 5.84. The van der Waals surface area contributed by atoms with E-state index >= 15 is 0 Å². The Labute approximate surface area is 142 Å². The Morgan fingerprint density at radius 3 is 2.12 bits per heavy atom. The van der Waals surface area contributed by atoms with Gasteiger partial charge in [-0.1, -0.05) is 0 Å². The molecule has 0 aromatic heterocycles. The molecule has 0 spiro atoms. The molecule has 1 fully saturated rings. The molecule has 134 valence electrons. The maximum atomic E-state index is 13.1. The largest absolute Gasteiger partial charge is 0.493 e. The zero-order chi connectivity index (χ0) is 17.7. The summed E-state index contributed by atoms with van der Waals surface area (Å²) in [5, 5.41) is 0. The van der Waals surface area contributed by atoms with Crippen LogP contribution in [0.5, 0.6) is 17.2 Å². The van der Waals surface area contributed by atoms with Crippen LogP contribution in [0.3, 0.4) is 0 Å². The second-order valence-electron chi connectivity index (χ2n) is 5.84. The van der Waals surface area contributed by atoms with Crippen LogP contribution >= 0.6 is 0 Å². The van der Waals surface area contributed by atoms with E-state index in [0.717, 1.165) is 0 Å². The predicted octanol–water partition coefficient (Wildman–Crippen LogP) is 1.43. The molecule has 2 N–H and O–H groups in total. The summed E-state index contributed by atoms with van der Waals surface area (Å²) in [6.07, 6.45) is 1.24. The molecule has 1 heterocycles. The summed E-state index contributed by atoms with van der Waals surface area (Å²) >= 11 is 0. The first-order valence-corrected chi connectivity index (χ1v) is 7.89. The van der Waals surface area contributed by atoms with Crippen molar-refractivity contribution in [2.45, 2.75) is 12.8 Å². The van der Waals surface area contributed by atoms with E-state index in [1.54, 1.807) is 45.4 Å². The van der Waals surface area contributed by atoms with Gasteiger partial charge < -0.3 is 29.6 Å². The van der Waals surface area contributed by atoms with Gasteiger partial charge in [-0.15, -0.1) is 0 Å². The van der Waals surface area contributed by atoms with E-state index in [0.29, 0.717) is 55.5 Å². The molecule has 1 aliphatic rings. The highest BCUT2D eigenvalue weighted by molar-refractivity contribution is 5.98. The Balaban J connectivity index is 2.37. The summed E-state index contributed by atoms with van der Waals surface area (Å²) in [5.41, 5.74) is 6.01. The number of hydrogen-bond donors (Lipinski definition) is 1. The molecule has 24 heavy (non-hydrogen) atoms. The quantitative estimate of drug-likeness (QED) is 0.845. The Morgan fingerprint density at radius 1 is 1.17 bits per heavy atom. The van der Waals surface area contributed by atoms with Crippen molar-refractivity contribution < 1.29 is 23.7 Å². The fourth-order valence-corrected chi connectivity index (χ4v) is 3.00. The number of benzene rings is 1. The molecular weight excluding hydrogens is 312 g/mol. The third kappa shape index (κ3) is 3.27. The second kappa shape index (κ2) is 7.72. The van der Waals surface area contributed by atoms with Crippen molar-refractivity contribution in [3.63, 3.8) is 0 Å². The van der Waals surface area contributed by atoms with E-state index in [-0.39, 0.29) is 5.91 Å². The lowest BCUT2D eigenvalue weighted by Gasteiger charge is -2.37. The van der Waals surface area contributed by atoms with Gasteiger partial charge >= 0.3 is 0 Å². The van der Waals surface area contributed by atoms with Gasteiger partial charge in [0.05, 0.1) is 32.4 Å². The van der Waals surface area contributed by atoms with Crippen LogP contribution in [0, 0.1) is 5.41 Å². The van der Waals surface area contributed by atoms with Crippen molar-refractivity contribution in [2.24, 2.45) is 11.1 Å². The van der Waals surface area contributed by atoms with Crippen molar-refractivity contribution in [3.8, 4) is 17.2 Å².